The number of aliphatic hydroxyl groups excluding tert-OH is 1. The number of nitrogens with zero attached hydrogens (tertiary/aromatic N) is 1. The molecule has 1 N–H and O–H groups in total. The van der Waals surface area contributed by atoms with E-state index in [0.29, 0.717) is 11.8 Å². The van der Waals surface area contributed by atoms with Crippen molar-refractivity contribution in [2.75, 3.05) is 11.4 Å². The minimum absolute atomic E-state index is 0.0789. The van der Waals surface area contributed by atoms with Gasteiger partial charge in [-0.3, -0.25) is 0 Å². The average Bonchev–Trinajstić information content (AvgIpc) is 2.77. The zero-order valence-electron chi connectivity index (χ0n) is 17.1. The summed E-state index contributed by atoms with van der Waals surface area (Å²) in [5, 5.41) is 9.77. The van der Waals surface area contributed by atoms with Gasteiger partial charge in [-0.2, -0.15) is 35.1 Å². The van der Waals surface area contributed by atoms with Crippen LogP contribution in [0.3, 0.4) is 0 Å². The van der Waals surface area contributed by atoms with Crippen LogP contribution in [-0.4, -0.2) is 29.9 Å². The van der Waals surface area contributed by atoms with Gasteiger partial charge >= 0.3 is 18.3 Å². The summed E-state index contributed by atoms with van der Waals surface area (Å²) >= 11 is 0. The number of hydrogen-bond donors (Lipinski definition) is 1. The fourth-order valence-corrected chi connectivity index (χ4v) is 3.03. The van der Waals surface area contributed by atoms with Gasteiger partial charge in [0, 0.05) is 17.4 Å². The number of alkyl halides is 8. The highest BCUT2D eigenvalue weighted by Crippen LogP contribution is 2.41. The van der Waals surface area contributed by atoms with Crippen molar-refractivity contribution in [3.05, 3.63) is 84.4 Å². The number of benzene rings is 3. The van der Waals surface area contributed by atoms with Gasteiger partial charge in [0.2, 0.25) is 0 Å². The fourth-order valence-electron chi connectivity index (χ4n) is 3.03. The van der Waals surface area contributed by atoms with Crippen LogP contribution in [0.1, 0.15) is 5.56 Å². The van der Waals surface area contributed by atoms with E-state index in [9.17, 15) is 40.2 Å². The molecule has 34 heavy (non-hydrogen) atoms. The van der Waals surface area contributed by atoms with Crippen LogP contribution in [0.4, 0.5) is 46.5 Å². The van der Waals surface area contributed by atoms with Crippen molar-refractivity contribution in [2.24, 2.45) is 0 Å². The van der Waals surface area contributed by atoms with Crippen LogP contribution in [-0.2, 0) is 6.18 Å². The highest BCUT2D eigenvalue weighted by molar-refractivity contribution is 5.65. The van der Waals surface area contributed by atoms with E-state index in [4.69, 9.17) is 4.74 Å². The maximum absolute atomic E-state index is 13.7. The van der Waals surface area contributed by atoms with E-state index in [1.54, 1.807) is 30.3 Å². The number of halogens is 8. The Bertz CT molecular complexity index is 1100. The third-order valence-corrected chi connectivity index (χ3v) is 4.75. The highest BCUT2D eigenvalue weighted by atomic mass is 19.4. The molecule has 11 heteroatoms. The Morgan fingerprint density at radius 1 is 0.706 bits per heavy atom. The lowest BCUT2D eigenvalue weighted by molar-refractivity contribution is -0.311. The Labute approximate surface area is 188 Å². The largest absolute Gasteiger partial charge is 0.457 e. The zero-order valence-corrected chi connectivity index (χ0v) is 17.1. The monoisotopic (exact) mass is 491 g/mol. The van der Waals surface area contributed by atoms with Gasteiger partial charge < -0.3 is 14.7 Å². The number of para-hydroxylation sites is 1. The molecule has 0 saturated heterocycles. The maximum atomic E-state index is 13.7. The third-order valence-electron chi connectivity index (χ3n) is 4.75. The molecule has 3 nitrogen and oxygen atoms in total. The molecule has 0 bridgehead atoms. The number of rotatable bonds is 7. The van der Waals surface area contributed by atoms with Crippen molar-refractivity contribution in [3.63, 3.8) is 0 Å². The Balaban J connectivity index is 2.03. The van der Waals surface area contributed by atoms with Gasteiger partial charge in [0.1, 0.15) is 17.6 Å². The van der Waals surface area contributed by atoms with E-state index in [1.165, 1.54) is 24.3 Å². The molecule has 0 radical (unpaired) electrons. The molecular weight excluding hydrogens is 474 g/mol. The highest BCUT2D eigenvalue weighted by Gasteiger charge is 2.62. The zero-order chi connectivity index (χ0) is 25.1. The smallest absolute Gasteiger partial charge is 0.456 e. The summed E-state index contributed by atoms with van der Waals surface area (Å²) in [5.74, 6) is -4.99. The van der Waals surface area contributed by atoms with Crippen LogP contribution in [0.5, 0.6) is 11.5 Å². The van der Waals surface area contributed by atoms with Crippen molar-refractivity contribution >= 4 is 11.4 Å². The summed E-state index contributed by atoms with van der Waals surface area (Å²) < 4.78 is 111. The van der Waals surface area contributed by atoms with Gasteiger partial charge in [-0.1, -0.05) is 30.3 Å². The van der Waals surface area contributed by atoms with E-state index < -0.39 is 36.5 Å². The summed E-state index contributed by atoms with van der Waals surface area (Å²) in [6, 6.07) is 17.0. The predicted octanol–water partition coefficient (Wildman–Crippen LogP) is 7.19. The molecule has 0 aliphatic carbocycles. The first-order valence-corrected chi connectivity index (χ1v) is 9.69. The molecule has 1 atom stereocenters. The average molecular weight is 491 g/mol. The summed E-state index contributed by atoms with van der Waals surface area (Å²) in [4.78, 5) is 0.734. The second kappa shape index (κ2) is 9.49. The Hall–Kier alpha value is -3.34. The van der Waals surface area contributed by atoms with E-state index in [-0.39, 0.29) is 17.1 Å². The number of hydrogen-bond acceptors (Lipinski definition) is 3. The molecule has 0 aliphatic rings. The molecule has 0 spiro atoms. The number of ether oxygens (including phenoxy) is 1. The van der Waals surface area contributed by atoms with Gasteiger partial charge in [-0.25, -0.2) is 0 Å². The number of anilines is 2. The molecule has 3 rings (SSSR count). The second-order valence-corrected chi connectivity index (χ2v) is 7.21. The first-order valence-electron chi connectivity index (χ1n) is 9.69. The molecule has 0 aliphatic heterocycles. The first-order chi connectivity index (χ1) is 15.8. The fraction of sp³-hybridized carbons (Fsp3) is 0.217. The minimum Gasteiger partial charge on any atom is -0.457 e. The molecule has 3 aromatic rings. The first kappa shape index (κ1) is 25.3. The lowest BCUT2D eigenvalue weighted by Crippen LogP contribution is -2.51. The van der Waals surface area contributed by atoms with Crippen LogP contribution >= 0.6 is 0 Å². The SMILES string of the molecule is O[C@H](CN(c1cccc(Oc2ccccc2)c1)c1cccc(C(F)(F)F)c1)C(F)(F)C(F)(F)F. The molecule has 0 fully saturated rings. The van der Waals surface area contributed by atoms with Crippen LogP contribution in [0.25, 0.3) is 0 Å². The Kier molecular flexibility index (Phi) is 7.06. The van der Waals surface area contributed by atoms with Crippen molar-refractivity contribution < 1.29 is 45.0 Å². The van der Waals surface area contributed by atoms with E-state index >= 15 is 0 Å². The molecule has 0 saturated carbocycles. The van der Waals surface area contributed by atoms with Gasteiger partial charge in [0.25, 0.3) is 0 Å². The van der Waals surface area contributed by atoms with Crippen LogP contribution in [0.15, 0.2) is 78.9 Å². The summed E-state index contributed by atoms with van der Waals surface area (Å²) in [6.45, 7) is -1.36. The van der Waals surface area contributed by atoms with Gasteiger partial charge in [-0.05, 0) is 42.5 Å². The molecule has 0 amide bonds. The topological polar surface area (TPSA) is 32.7 Å². The van der Waals surface area contributed by atoms with Crippen LogP contribution < -0.4 is 9.64 Å². The summed E-state index contributed by atoms with van der Waals surface area (Å²) in [7, 11) is 0. The normalized spacial score (nSPS) is 13.4. The minimum atomic E-state index is -6.07. The summed E-state index contributed by atoms with van der Waals surface area (Å²) in [6.07, 6.45) is -14.1. The van der Waals surface area contributed by atoms with E-state index in [0.717, 1.165) is 23.1 Å². The molecule has 0 aromatic heterocycles. The standard InChI is InChI=1S/C23H17F8NO2/c24-21(25,23(29,30)31)20(33)14-32(16-7-4-6-15(12-16)22(26,27)28)17-8-5-11-19(13-17)34-18-9-2-1-3-10-18/h1-13,20,33H,14H2/t20-/m1/s1. The lowest BCUT2D eigenvalue weighted by Gasteiger charge is -2.32. The lowest BCUT2D eigenvalue weighted by atomic mass is 10.1. The van der Waals surface area contributed by atoms with Crippen molar-refractivity contribution in [2.45, 2.75) is 24.4 Å². The van der Waals surface area contributed by atoms with Gasteiger partial charge in [0.05, 0.1) is 12.1 Å². The van der Waals surface area contributed by atoms with Gasteiger partial charge in [0.15, 0.2) is 0 Å². The molecular formula is C23H17F8NO2. The van der Waals surface area contributed by atoms with Crippen LogP contribution in [0, 0.1) is 0 Å². The maximum Gasteiger partial charge on any atom is 0.456 e. The molecule has 0 heterocycles. The molecule has 182 valence electrons. The summed E-state index contributed by atoms with van der Waals surface area (Å²) in [5.41, 5.74) is -1.59. The molecule has 0 unspecified atom stereocenters. The van der Waals surface area contributed by atoms with E-state index in [2.05, 4.69) is 0 Å². The Morgan fingerprint density at radius 2 is 1.26 bits per heavy atom. The molecule has 3 aromatic carbocycles. The van der Waals surface area contributed by atoms with Crippen LogP contribution in [0.2, 0.25) is 0 Å². The van der Waals surface area contributed by atoms with Crippen molar-refractivity contribution in [3.8, 4) is 11.5 Å². The number of aliphatic hydroxyl groups is 1. The van der Waals surface area contributed by atoms with Crippen molar-refractivity contribution in [1.82, 2.24) is 0 Å². The predicted molar refractivity (Wildman–Crippen MR) is 108 cm³/mol. The quantitative estimate of drug-likeness (QED) is 0.355. The van der Waals surface area contributed by atoms with Crippen molar-refractivity contribution in [1.29, 1.82) is 0 Å². The third kappa shape index (κ3) is 5.77. The van der Waals surface area contributed by atoms with Gasteiger partial charge in [-0.15, -0.1) is 0 Å². The second-order valence-electron chi connectivity index (χ2n) is 7.21. The Morgan fingerprint density at radius 3 is 1.85 bits per heavy atom. The van der Waals surface area contributed by atoms with E-state index in [1.807, 2.05) is 0 Å².